The number of nitrogens with one attached hydrogen (secondary N) is 1. The molecule has 0 atom stereocenters. The molecule has 2 rings (SSSR count). The van der Waals surface area contributed by atoms with Gasteiger partial charge in [-0.1, -0.05) is 15.9 Å². The predicted octanol–water partition coefficient (Wildman–Crippen LogP) is 3.09. The highest BCUT2D eigenvalue weighted by Gasteiger charge is 2.14. The second kappa shape index (κ2) is 6.10. The average Bonchev–Trinajstić information content (AvgIpc) is 2.41. The van der Waals surface area contributed by atoms with E-state index in [9.17, 15) is 18.5 Å². The highest BCUT2D eigenvalue weighted by atomic mass is 79.9. The summed E-state index contributed by atoms with van der Waals surface area (Å²) in [6.45, 7) is 0. The molecular weight excluding hydrogens is 364 g/mol. The van der Waals surface area contributed by atoms with E-state index < -0.39 is 15.2 Å². The van der Waals surface area contributed by atoms with Gasteiger partial charge in [-0.15, -0.1) is 0 Å². The molecule has 9 heteroatoms. The number of hydrogen-bond acceptors (Lipinski definition) is 5. The van der Waals surface area contributed by atoms with E-state index in [-0.39, 0.29) is 11.4 Å². The first-order chi connectivity index (χ1) is 9.85. The minimum Gasteiger partial charge on any atom is -0.367 e. The molecule has 0 unspecified atom stereocenters. The van der Waals surface area contributed by atoms with Crippen molar-refractivity contribution in [2.45, 2.75) is 0 Å². The number of rotatable bonds is 5. The van der Waals surface area contributed by atoms with E-state index in [1.54, 1.807) is 24.3 Å². The minimum atomic E-state index is -4.07. The third kappa shape index (κ3) is 4.43. The second-order valence-corrected chi connectivity index (χ2v) is 6.09. The van der Waals surface area contributed by atoms with Crippen molar-refractivity contribution in [3.8, 4) is 5.75 Å². The number of nitro groups is 1. The highest BCUT2D eigenvalue weighted by Crippen LogP contribution is 2.20. The fourth-order valence-corrected chi connectivity index (χ4v) is 2.53. The Kier molecular flexibility index (Phi) is 4.43. The van der Waals surface area contributed by atoms with E-state index in [1.807, 2.05) is 0 Å². The van der Waals surface area contributed by atoms with Crippen LogP contribution in [-0.2, 0) is 10.3 Å². The molecule has 0 amide bonds. The van der Waals surface area contributed by atoms with Gasteiger partial charge in [0.1, 0.15) is 5.75 Å². The van der Waals surface area contributed by atoms with Gasteiger partial charge in [-0.2, -0.15) is 8.42 Å². The summed E-state index contributed by atoms with van der Waals surface area (Å²) >= 11 is 3.23. The van der Waals surface area contributed by atoms with Gasteiger partial charge in [0.2, 0.25) is 0 Å². The molecule has 0 bridgehead atoms. The molecule has 0 aliphatic carbocycles. The maximum absolute atomic E-state index is 11.8. The van der Waals surface area contributed by atoms with Gasteiger partial charge < -0.3 is 4.18 Å². The zero-order valence-corrected chi connectivity index (χ0v) is 12.8. The molecule has 7 nitrogen and oxygen atoms in total. The third-order valence-corrected chi connectivity index (χ3v) is 3.77. The molecule has 0 aromatic heterocycles. The van der Waals surface area contributed by atoms with Crippen LogP contribution in [0.5, 0.6) is 5.75 Å². The van der Waals surface area contributed by atoms with Gasteiger partial charge in [-0.25, -0.2) is 0 Å². The van der Waals surface area contributed by atoms with Crippen molar-refractivity contribution in [2.75, 3.05) is 4.72 Å². The Morgan fingerprint density at radius 1 is 1.05 bits per heavy atom. The fraction of sp³-hybridized carbons (Fsp3) is 0. The molecule has 0 fully saturated rings. The molecule has 2 aromatic carbocycles. The molecule has 110 valence electrons. The van der Waals surface area contributed by atoms with Crippen LogP contribution in [0.15, 0.2) is 53.0 Å². The smallest absolute Gasteiger partial charge is 0.367 e. The maximum atomic E-state index is 11.8. The number of benzene rings is 2. The van der Waals surface area contributed by atoms with Crippen molar-refractivity contribution in [3.63, 3.8) is 0 Å². The summed E-state index contributed by atoms with van der Waals surface area (Å²) in [6, 6.07) is 11.2. The lowest BCUT2D eigenvalue weighted by Gasteiger charge is -2.09. The Hall–Kier alpha value is -2.13. The van der Waals surface area contributed by atoms with Crippen LogP contribution in [0.25, 0.3) is 0 Å². The summed E-state index contributed by atoms with van der Waals surface area (Å²) in [5.74, 6) is -0.0230. The van der Waals surface area contributed by atoms with Gasteiger partial charge in [-0.3, -0.25) is 14.8 Å². The highest BCUT2D eigenvalue weighted by molar-refractivity contribution is 9.10. The third-order valence-electron chi connectivity index (χ3n) is 2.34. The Morgan fingerprint density at radius 2 is 1.62 bits per heavy atom. The summed E-state index contributed by atoms with van der Waals surface area (Å²) in [6.07, 6.45) is 0. The second-order valence-electron chi connectivity index (χ2n) is 3.90. The number of halogens is 1. The van der Waals surface area contributed by atoms with Crippen LogP contribution < -0.4 is 8.91 Å². The number of anilines is 1. The topological polar surface area (TPSA) is 98.5 Å². The van der Waals surface area contributed by atoms with Gasteiger partial charge in [0.15, 0.2) is 0 Å². The molecule has 21 heavy (non-hydrogen) atoms. The van der Waals surface area contributed by atoms with E-state index in [0.29, 0.717) is 5.69 Å². The molecule has 0 aliphatic heterocycles. The lowest BCUT2D eigenvalue weighted by Crippen LogP contribution is -2.19. The van der Waals surface area contributed by atoms with E-state index in [1.165, 1.54) is 12.1 Å². The quantitative estimate of drug-likeness (QED) is 0.642. The van der Waals surface area contributed by atoms with Crippen LogP contribution in [-0.4, -0.2) is 13.3 Å². The van der Waals surface area contributed by atoms with Gasteiger partial charge in [0.25, 0.3) is 5.69 Å². The first-order valence-electron chi connectivity index (χ1n) is 5.58. The van der Waals surface area contributed by atoms with Crippen molar-refractivity contribution in [2.24, 2.45) is 0 Å². The normalized spacial score (nSPS) is 10.9. The Bertz CT molecular complexity index is 744. The molecule has 0 heterocycles. The van der Waals surface area contributed by atoms with Crippen LogP contribution in [0.1, 0.15) is 0 Å². The van der Waals surface area contributed by atoms with Crippen molar-refractivity contribution < 1.29 is 17.5 Å². The lowest BCUT2D eigenvalue weighted by molar-refractivity contribution is -0.384. The van der Waals surface area contributed by atoms with Gasteiger partial charge >= 0.3 is 10.3 Å². The molecule has 0 radical (unpaired) electrons. The Balaban J connectivity index is 2.10. The van der Waals surface area contributed by atoms with E-state index in [0.717, 1.165) is 16.6 Å². The molecule has 1 N–H and O–H groups in total. The van der Waals surface area contributed by atoms with Gasteiger partial charge in [-0.05, 0) is 36.4 Å². The molecule has 0 saturated carbocycles. The predicted molar refractivity (Wildman–Crippen MR) is 80.4 cm³/mol. The van der Waals surface area contributed by atoms with E-state index in [2.05, 4.69) is 20.7 Å². The molecule has 0 spiro atoms. The van der Waals surface area contributed by atoms with Crippen molar-refractivity contribution in [1.82, 2.24) is 0 Å². The average molecular weight is 373 g/mol. The molecule has 2 aromatic rings. The molecule has 0 saturated heterocycles. The van der Waals surface area contributed by atoms with Crippen LogP contribution in [0.3, 0.4) is 0 Å². The summed E-state index contributed by atoms with van der Waals surface area (Å²) in [4.78, 5) is 9.91. The van der Waals surface area contributed by atoms with Crippen LogP contribution >= 0.6 is 15.9 Å². The molecule has 0 aliphatic rings. The van der Waals surface area contributed by atoms with Gasteiger partial charge in [0, 0.05) is 16.6 Å². The van der Waals surface area contributed by atoms with E-state index in [4.69, 9.17) is 4.18 Å². The van der Waals surface area contributed by atoms with Crippen molar-refractivity contribution in [1.29, 1.82) is 0 Å². The first-order valence-corrected chi connectivity index (χ1v) is 7.78. The zero-order valence-electron chi connectivity index (χ0n) is 10.4. The number of hydrogen-bond donors (Lipinski definition) is 1. The van der Waals surface area contributed by atoms with Crippen molar-refractivity contribution >= 4 is 37.6 Å². The van der Waals surface area contributed by atoms with Crippen molar-refractivity contribution in [3.05, 3.63) is 63.1 Å². The zero-order chi connectivity index (χ0) is 15.5. The van der Waals surface area contributed by atoms with E-state index >= 15 is 0 Å². The lowest BCUT2D eigenvalue weighted by atomic mass is 10.3. The molecular formula is C12H9BrN2O5S. The Labute approximate surface area is 129 Å². The summed E-state index contributed by atoms with van der Waals surface area (Å²) < 4.78 is 31.4. The first kappa shape index (κ1) is 15.3. The summed E-state index contributed by atoms with van der Waals surface area (Å²) in [7, 11) is -4.07. The largest absolute Gasteiger partial charge is 0.407 e. The monoisotopic (exact) mass is 372 g/mol. The SMILES string of the molecule is O=[N+]([O-])c1ccc(OS(=O)(=O)Nc2ccc(Br)cc2)cc1. The number of nitro benzene ring substituents is 1. The van der Waals surface area contributed by atoms with Gasteiger partial charge in [0.05, 0.1) is 10.6 Å². The maximum Gasteiger partial charge on any atom is 0.407 e. The summed E-state index contributed by atoms with van der Waals surface area (Å²) in [5.41, 5.74) is 0.181. The van der Waals surface area contributed by atoms with Crippen LogP contribution in [0.2, 0.25) is 0 Å². The van der Waals surface area contributed by atoms with Crippen LogP contribution in [0, 0.1) is 10.1 Å². The van der Waals surface area contributed by atoms with Crippen LogP contribution in [0.4, 0.5) is 11.4 Å². The Morgan fingerprint density at radius 3 is 2.14 bits per heavy atom. The fourth-order valence-electron chi connectivity index (χ4n) is 1.43. The summed E-state index contributed by atoms with van der Waals surface area (Å²) in [5, 5.41) is 10.5. The standard InChI is InChI=1S/C12H9BrN2O5S/c13-9-1-3-10(4-2-9)14-21(18,19)20-12-7-5-11(6-8-12)15(16)17/h1-8,14H. The number of nitrogens with zero attached hydrogens (tertiary/aromatic N) is 1. The number of non-ortho nitro benzene ring substituents is 1. The minimum absolute atomic E-state index is 0.0230.